The highest BCUT2D eigenvalue weighted by molar-refractivity contribution is 6.16. The molecule has 1 heterocycles. The van der Waals surface area contributed by atoms with Crippen LogP contribution in [0.1, 0.15) is 44.5 Å². The van der Waals surface area contributed by atoms with Gasteiger partial charge >= 0.3 is 0 Å². The van der Waals surface area contributed by atoms with Crippen molar-refractivity contribution in [3.63, 3.8) is 0 Å². The monoisotopic (exact) mass is 280 g/mol. The number of aromatic nitrogens is 2. The Kier molecular flexibility index (Phi) is 3.48. The van der Waals surface area contributed by atoms with Crippen LogP contribution in [0.3, 0.4) is 0 Å². The Morgan fingerprint density at radius 2 is 2.26 bits per heavy atom. The predicted molar refractivity (Wildman–Crippen MR) is 75.9 cm³/mol. The highest BCUT2D eigenvalue weighted by Gasteiger charge is 2.27. The van der Waals surface area contributed by atoms with Gasteiger partial charge < -0.3 is 4.57 Å². The Labute approximate surface area is 117 Å². The van der Waals surface area contributed by atoms with Crippen LogP contribution in [-0.4, -0.2) is 9.55 Å². The second-order valence-corrected chi connectivity index (χ2v) is 5.65. The van der Waals surface area contributed by atoms with Crippen molar-refractivity contribution < 1.29 is 4.39 Å². The molecule has 0 spiro atoms. The first-order chi connectivity index (χ1) is 9.24. The number of para-hydroxylation sites is 1. The van der Waals surface area contributed by atoms with Crippen LogP contribution in [-0.2, 0) is 5.88 Å². The van der Waals surface area contributed by atoms with E-state index in [-0.39, 0.29) is 5.82 Å². The van der Waals surface area contributed by atoms with Crippen LogP contribution in [0.5, 0.6) is 0 Å². The van der Waals surface area contributed by atoms with E-state index in [0.717, 1.165) is 30.1 Å². The summed E-state index contributed by atoms with van der Waals surface area (Å²) < 4.78 is 16.0. The zero-order valence-corrected chi connectivity index (χ0v) is 11.8. The van der Waals surface area contributed by atoms with E-state index in [2.05, 4.69) is 16.5 Å². The highest BCUT2D eigenvalue weighted by atomic mass is 35.5. The number of hydrogen-bond donors (Lipinski definition) is 0. The van der Waals surface area contributed by atoms with Crippen molar-refractivity contribution in [3.05, 3.63) is 29.8 Å². The van der Waals surface area contributed by atoms with Crippen LogP contribution in [0.4, 0.5) is 4.39 Å². The van der Waals surface area contributed by atoms with E-state index in [1.54, 1.807) is 6.07 Å². The largest absolute Gasteiger partial charge is 0.324 e. The van der Waals surface area contributed by atoms with Gasteiger partial charge in [-0.15, -0.1) is 11.6 Å². The summed E-state index contributed by atoms with van der Waals surface area (Å²) in [6.07, 6.45) is 4.84. The number of hydrogen-bond acceptors (Lipinski definition) is 1. The second-order valence-electron chi connectivity index (χ2n) is 5.38. The lowest BCUT2D eigenvalue weighted by molar-refractivity contribution is 0.429. The average molecular weight is 281 g/mol. The Hall–Kier alpha value is -1.09. The van der Waals surface area contributed by atoms with Crippen molar-refractivity contribution in [1.29, 1.82) is 0 Å². The second kappa shape index (κ2) is 5.12. The molecule has 3 rings (SSSR count). The zero-order valence-electron chi connectivity index (χ0n) is 11.1. The van der Waals surface area contributed by atoms with E-state index in [0.29, 0.717) is 17.4 Å². The molecule has 0 aliphatic heterocycles. The minimum Gasteiger partial charge on any atom is -0.324 e. The maximum atomic E-state index is 13.8. The van der Waals surface area contributed by atoms with Crippen LogP contribution in [0, 0.1) is 11.7 Å². The molecule has 19 heavy (non-hydrogen) atoms. The van der Waals surface area contributed by atoms with Crippen LogP contribution in [0.15, 0.2) is 18.2 Å². The van der Waals surface area contributed by atoms with E-state index in [1.807, 2.05) is 6.07 Å². The van der Waals surface area contributed by atoms with Gasteiger partial charge in [0.2, 0.25) is 0 Å². The van der Waals surface area contributed by atoms with Crippen LogP contribution < -0.4 is 0 Å². The molecule has 1 aromatic heterocycles. The molecule has 1 aromatic carbocycles. The maximum absolute atomic E-state index is 13.8. The van der Waals surface area contributed by atoms with E-state index < -0.39 is 0 Å². The third-order valence-electron chi connectivity index (χ3n) is 4.00. The summed E-state index contributed by atoms with van der Waals surface area (Å²) in [5.74, 6) is 1.69. The number of halogens is 2. The fraction of sp³-hybridized carbons (Fsp3) is 0.533. The summed E-state index contributed by atoms with van der Waals surface area (Å²) in [5, 5.41) is 0. The number of nitrogens with zero attached hydrogens (tertiary/aromatic N) is 2. The predicted octanol–water partition coefficient (Wildman–Crippen LogP) is 4.67. The number of fused-ring (bicyclic) bond motifs is 1. The molecule has 1 aliphatic carbocycles. The topological polar surface area (TPSA) is 17.8 Å². The molecule has 4 heteroatoms. The summed E-state index contributed by atoms with van der Waals surface area (Å²) in [6, 6.07) is 5.53. The first kappa shape index (κ1) is 12.9. The zero-order chi connectivity index (χ0) is 13.4. The Morgan fingerprint density at radius 1 is 1.47 bits per heavy atom. The van der Waals surface area contributed by atoms with Gasteiger partial charge in [-0.25, -0.2) is 9.37 Å². The van der Waals surface area contributed by atoms with E-state index >= 15 is 0 Å². The fourth-order valence-electron chi connectivity index (χ4n) is 2.83. The van der Waals surface area contributed by atoms with Gasteiger partial charge in [-0.2, -0.15) is 0 Å². The quantitative estimate of drug-likeness (QED) is 0.728. The summed E-state index contributed by atoms with van der Waals surface area (Å²) >= 11 is 6.00. The standard InChI is InChI=1S/C15H18ClFN2/c1-2-11(8-10-6-7-10)19-13-5-3-4-12(17)15(13)18-14(19)9-16/h3-5,10-11H,2,6-9H2,1H3. The summed E-state index contributed by atoms with van der Waals surface area (Å²) in [4.78, 5) is 4.38. The number of alkyl halides is 1. The first-order valence-electron chi connectivity index (χ1n) is 6.95. The molecule has 1 aliphatic rings. The molecule has 0 saturated heterocycles. The average Bonchev–Trinajstić information content (AvgIpc) is 3.15. The van der Waals surface area contributed by atoms with Gasteiger partial charge in [0.05, 0.1) is 11.4 Å². The van der Waals surface area contributed by atoms with Crippen molar-refractivity contribution in [2.75, 3.05) is 0 Å². The van der Waals surface area contributed by atoms with Gasteiger partial charge in [0.25, 0.3) is 0 Å². The van der Waals surface area contributed by atoms with Crippen LogP contribution in [0.25, 0.3) is 11.0 Å². The summed E-state index contributed by atoms with van der Waals surface area (Å²) in [7, 11) is 0. The molecule has 0 N–H and O–H groups in total. The van der Waals surface area contributed by atoms with Gasteiger partial charge in [-0.05, 0) is 30.9 Å². The van der Waals surface area contributed by atoms with Crippen molar-refractivity contribution >= 4 is 22.6 Å². The Balaban J connectivity index is 2.10. The van der Waals surface area contributed by atoms with Crippen molar-refractivity contribution in [2.45, 2.75) is 44.5 Å². The minimum atomic E-state index is -0.260. The van der Waals surface area contributed by atoms with Crippen molar-refractivity contribution in [1.82, 2.24) is 9.55 Å². The first-order valence-corrected chi connectivity index (χ1v) is 7.49. The molecule has 1 atom stereocenters. The molecule has 0 bridgehead atoms. The van der Waals surface area contributed by atoms with Crippen molar-refractivity contribution in [2.24, 2.45) is 5.92 Å². The minimum absolute atomic E-state index is 0.260. The summed E-state index contributed by atoms with van der Waals surface area (Å²) in [5.41, 5.74) is 1.33. The van der Waals surface area contributed by atoms with Gasteiger partial charge in [0, 0.05) is 6.04 Å². The fourth-order valence-corrected chi connectivity index (χ4v) is 3.01. The van der Waals surface area contributed by atoms with Crippen LogP contribution >= 0.6 is 11.6 Å². The lowest BCUT2D eigenvalue weighted by Gasteiger charge is -2.19. The molecule has 0 radical (unpaired) electrons. The third kappa shape index (κ3) is 2.36. The lowest BCUT2D eigenvalue weighted by atomic mass is 10.1. The molecule has 2 aromatic rings. The summed E-state index contributed by atoms with van der Waals surface area (Å²) in [6.45, 7) is 2.18. The van der Waals surface area contributed by atoms with Crippen molar-refractivity contribution in [3.8, 4) is 0 Å². The molecule has 1 saturated carbocycles. The number of imidazole rings is 1. The molecule has 0 amide bonds. The smallest absolute Gasteiger partial charge is 0.151 e. The number of benzene rings is 1. The third-order valence-corrected chi connectivity index (χ3v) is 4.24. The van der Waals surface area contributed by atoms with Gasteiger partial charge in [0.15, 0.2) is 5.82 Å². The Morgan fingerprint density at radius 3 is 2.89 bits per heavy atom. The van der Waals surface area contributed by atoms with E-state index in [1.165, 1.54) is 18.9 Å². The molecule has 1 fully saturated rings. The number of rotatable bonds is 5. The van der Waals surface area contributed by atoms with Crippen LogP contribution in [0.2, 0.25) is 0 Å². The molecule has 102 valence electrons. The van der Waals surface area contributed by atoms with Gasteiger partial charge in [-0.1, -0.05) is 25.8 Å². The highest BCUT2D eigenvalue weighted by Crippen LogP contribution is 2.39. The molecule has 2 nitrogen and oxygen atoms in total. The van der Waals surface area contributed by atoms with Gasteiger partial charge in [0.1, 0.15) is 11.3 Å². The van der Waals surface area contributed by atoms with Gasteiger partial charge in [-0.3, -0.25) is 0 Å². The van der Waals surface area contributed by atoms with E-state index in [9.17, 15) is 4.39 Å². The maximum Gasteiger partial charge on any atom is 0.151 e. The molecular formula is C15H18ClFN2. The molecular weight excluding hydrogens is 263 g/mol. The lowest BCUT2D eigenvalue weighted by Crippen LogP contribution is -2.11. The van der Waals surface area contributed by atoms with E-state index in [4.69, 9.17) is 11.6 Å². The molecule has 1 unspecified atom stereocenters. The normalized spacial score (nSPS) is 17.0. The SMILES string of the molecule is CCC(CC1CC1)n1c(CCl)nc2c(F)cccc21. The Bertz CT molecular complexity index is 589.